The molecular weight excluding hydrogens is 167 g/mol. The van der Waals surface area contributed by atoms with Gasteiger partial charge in [-0.1, -0.05) is 11.6 Å². The van der Waals surface area contributed by atoms with Crippen LogP contribution in [-0.2, 0) is 6.42 Å². The van der Waals surface area contributed by atoms with E-state index in [2.05, 4.69) is 4.98 Å². The zero-order chi connectivity index (χ0) is 8.27. The van der Waals surface area contributed by atoms with E-state index in [1.807, 2.05) is 0 Å². The number of rotatable bonds is 2. The number of hydrogen-bond donors (Lipinski definition) is 1. The molecule has 0 aromatic carbocycles. The van der Waals surface area contributed by atoms with E-state index in [4.69, 9.17) is 17.3 Å². The van der Waals surface area contributed by atoms with Crippen molar-refractivity contribution in [2.45, 2.75) is 6.42 Å². The molecule has 1 heterocycles. The molecule has 1 aromatic heterocycles. The second-order valence-corrected chi connectivity index (χ2v) is 2.47. The van der Waals surface area contributed by atoms with Crippen molar-refractivity contribution in [3.63, 3.8) is 0 Å². The van der Waals surface area contributed by atoms with Crippen LogP contribution >= 0.6 is 11.6 Å². The molecule has 0 spiro atoms. The Morgan fingerprint density at radius 1 is 1.64 bits per heavy atom. The van der Waals surface area contributed by atoms with Gasteiger partial charge in [-0.25, -0.2) is 9.37 Å². The molecule has 0 aliphatic heterocycles. The molecule has 0 saturated carbocycles. The molecule has 0 saturated heterocycles. The second-order valence-electron chi connectivity index (χ2n) is 2.11. The maximum Gasteiger partial charge on any atom is 0.164 e. The summed E-state index contributed by atoms with van der Waals surface area (Å²) in [6.45, 7) is 0.414. The van der Waals surface area contributed by atoms with Crippen LogP contribution in [0, 0.1) is 5.82 Å². The first-order valence-electron chi connectivity index (χ1n) is 3.24. The Morgan fingerprint density at radius 2 is 2.36 bits per heavy atom. The number of nitrogens with zero attached hydrogens (tertiary/aromatic N) is 1. The van der Waals surface area contributed by atoms with Crippen LogP contribution in [0.2, 0.25) is 5.15 Å². The van der Waals surface area contributed by atoms with Crippen LogP contribution in [0.1, 0.15) is 5.56 Å². The lowest BCUT2D eigenvalue weighted by atomic mass is 10.2. The van der Waals surface area contributed by atoms with Crippen molar-refractivity contribution >= 4 is 11.6 Å². The first kappa shape index (κ1) is 8.43. The second kappa shape index (κ2) is 3.64. The third-order valence-electron chi connectivity index (χ3n) is 1.34. The predicted octanol–water partition coefficient (Wildman–Crippen LogP) is 1.38. The summed E-state index contributed by atoms with van der Waals surface area (Å²) in [6.07, 6.45) is 1.96. The van der Waals surface area contributed by atoms with Crippen molar-refractivity contribution in [1.29, 1.82) is 0 Å². The highest BCUT2D eigenvalue weighted by molar-refractivity contribution is 6.29. The summed E-state index contributed by atoms with van der Waals surface area (Å²) in [6, 6.07) is 1.58. The zero-order valence-corrected chi connectivity index (χ0v) is 6.61. The molecule has 2 N–H and O–H groups in total. The van der Waals surface area contributed by atoms with Crippen molar-refractivity contribution in [2.75, 3.05) is 6.54 Å². The SMILES string of the molecule is NCCc1ccnc(Cl)c1F. The van der Waals surface area contributed by atoms with Gasteiger partial charge in [0.1, 0.15) is 0 Å². The Labute approximate surface area is 69.2 Å². The topological polar surface area (TPSA) is 38.9 Å². The summed E-state index contributed by atoms with van der Waals surface area (Å²) in [5, 5.41) is -0.0871. The molecule has 0 unspecified atom stereocenters. The molecule has 4 heteroatoms. The zero-order valence-electron chi connectivity index (χ0n) is 5.85. The van der Waals surface area contributed by atoms with Gasteiger partial charge in [-0.15, -0.1) is 0 Å². The molecule has 0 aliphatic carbocycles. The van der Waals surface area contributed by atoms with Crippen molar-refractivity contribution in [3.05, 3.63) is 28.8 Å². The van der Waals surface area contributed by atoms with E-state index < -0.39 is 5.82 Å². The highest BCUT2D eigenvalue weighted by Crippen LogP contribution is 2.14. The molecule has 1 aromatic rings. The molecule has 11 heavy (non-hydrogen) atoms. The largest absolute Gasteiger partial charge is 0.330 e. The predicted molar refractivity (Wildman–Crippen MR) is 42.0 cm³/mol. The number of pyridine rings is 1. The standard InChI is InChI=1S/C7H8ClFN2/c8-7-6(9)5(1-3-10)2-4-11-7/h2,4H,1,3,10H2. The van der Waals surface area contributed by atoms with Gasteiger partial charge in [0, 0.05) is 6.20 Å². The Kier molecular flexibility index (Phi) is 2.79. The van der Waals surface area contributed by atoms with E-state index in [-0.39, 0.29) is 5.15 Å². The van der Waals surface area contributed by atoms with E-state index in [9.17, 15) is 4.39 Å². The molecule has 1 rings (SSSR count). The lowest BCUT2D eigenvalue weighted by Gasteiger charge is -2.00. The molecule has 0 bridgehead atoms. The van der Waals surface area contributed by atoms with Crippen LogP contribution < -0.4 is 5.73 Å². The molecule has 0 fully saturated rings. The highest BCUT2D eigenvalue weighted by atomic mass is 35.5. The molecule has 2 nitrogen and oxygen atoms in total. The number of hydrogen-bond acceptors (Lipinski definition) is 2. The lowest BCUT2D eigenvalue weighted by Crippen LogP contribution is -2.04. The Morgan fingerprint density at radius 3 is 3.00 bits per heavy atom. The van der Waals surface area contributed by atoms with Gasteiger partial charge in [0.15, 0.2) is 11.0 Å². The minimum atomic E-state index is -0.459. The van der Waals surface area contributed by atoms with E-state index in [0.717, 1.165) is 0 Å². The lowest BCUT2D eigenvalue weighted by molar-refractivity contribution is 0.603. The Hall–Kier alpha value is -0.670. The van der Waals surface area contributed by atoms with Gasteiger partial charge in [-0.3, -0.25) is 0 Å². The van der Waals surface area contributed by atoms with Gasteiger partial charge >= 0.3 is 0 Å². The first-order valence-corrected chi connectivity index (χ1v) is 3.62. The number of nitrogens with two attached hydrogens (primary N) is 1. The number of halogens is 2. The summed E-state index contributed by atoms with van der Waals surface area (Å²) in [4.78, 5) is 3.57. The van der Waals surface area contributed by atoms with E-state index >= 15 is 0 Å². The average Bonchev–Trinajstić information content (AvgIpc) is 1.99. The van der Waals surface area contributed by atoms with Crippen LogP contribution in [0.4, 0.5) is 4.39 Å². The van der Waals surface area contributed by atoms with E-state index in [1.54, 1.807) is 6.07 Å². The molecule has 0 aliphatic rings. The summed E-state index contributed by atoms with van der Waals surface area (Å²) in [5.74, 6) is -0.459. The van der Waals surface area contributed by atoms with Crippen LogP contribution in [0.25, 0.3) is 0 Å². The Balaban J connectivity index is 2.96. The van der Waals surface area contributed by atoms with Gasteiger partial charge in [0.05, 0.1) is 0 Å². The molecule has 60 valence electrons. The van der Waals surface area contributed by atoms with Crippen molar-refractivity contribution < 1.29 is 4.39 Å². The summed E-state index contributed by atoms with van der Waals surface area (Å²) < 4.78 is 12.9. The summed E-state index contributed by atoms with van der Waals surface area (Å²) in [5.41, 5.74) is 5.77. The van der Waals surface area contributed by atoms with Crippen molar-refractivity contribution in [3.8, 4) is 0 Å². The van der Waals surface area contributed by atoms with Gasteiger partial charge in [0.25, 0.3) is 0 Å². The maximum atomic E-state index is 12.9. The van der Waals surface area contributed by atoms with E-state index in [1.165, 1.54) is 6.20 Å². The fraction of sp³-hybridized carbons (Fsp3) is 0.286. The minimum Gasteiger partial charge on any atom is -0.330 e. The van der Waals surface area contributed by atoms with Crippen LogP contribution in [-0.4, -0.2) is 11.5 Å². The fourth-order valence-corrected chi connectivity index (χ4v) is 0.981. The van der Waals surface area contributed by atoms with E-state index in [0.29, 0.717) is 18.5 Å². The molecule has 0 atom stereocenters. The van der Waals surface area contributed by atoms with Crippen LogP contribution in [0.3, 0.4) is 0 Å². The minimum absolute atomic E-state index is 0.0871. The molecule has 0 radical (unpaired) electrons. The van der Waals surface area contributed by atoms with Gasteiger partial charge in [0.2, 0.25) is 0 Å². The fourth-order valence-electron chi connectivity index (χ4n) is 0.804. The van der Waals surface area contributed by atoms with Gasteiger partial charge in [-0.2, -0.15) is 0 Å². The summed E-state index contributed by atoms with van der Waals surface area (Å²) in [7, 11) is 0. The maximum absolute atomic E-state index is 12.9. The first-order chi connectivity index (χ1) is 5.25. The average molecular weight is 175 g/mol. The normalized spacial score (nSPS) is 10.1. The number of aromatic nitrogens is 1. The monoisotopic (exact) mass is 174 g/mol. The van der Waals surface area contributed by atoms with Crippen LogP contribution in [0.5, 0.6) is 0 Å². The van der Waals surface area contributed by atoms with Crippen LogP contribution in [0.15, 0.2) is 12.3 Å². The Bertz CT molecular complexity index is 252. The van der Waals surface area contributed by atoms with Crippen molar-refractivity contribution in [2.24, 2.45) is 5.73 Å². The van der Waals surface area contributed by atoms with Crippen molar-refractivity contribution in [1.82, 2.24) is 4.98 Å². The van der Waals surface area contributed by atoms with Gasteiger partial charge < -0.3 is 5.73 Å². The smallest absolute Gasteiger partial charge is 0.164 e. The quantitative estimate of drug-likeness (QED) is 0.688. The highest BCUT2D eigenvalue weighted by Gasteiger charge is 2.05. The molecular formula is C7H8ClFN2. The third kappa shape index (κ3) is 1.88. The third-order valence-corrected chi connectivity index (χ3v) is 1.60. The summed E-state index contributed by atoms with van der Waals surface area (Å²) >= 11 is 5.42. The molecule has 0 amide bonds. The van der Waals surface area contributed by atoms with Gasteiger partial charge in [-0.05, 0) is 24.6 Å².